The van der Waals surface area contributed by atoms with Crippen molar-refractivity contribution in [3.8, 4) is 17.2 Å². The van der Waals surface area contributed by atoms with Gasteiger partial charge in [0.05, 0.1) is 0 Å². The molecule has 0 bridgehead atoms. The Morgan fingerprint density at radius 2 is 2.00 bits per heavy atom. The Morgan fingerprint density at radius 3 is 2.81 bits per heavy atom. The zero-order valence-electron chi connectivity index (χ0n) is 11.7. The largest absolute Gasteiger partial charge is 0.489 e. The molecule has 2 aromatic rings. The summed E-state index contributed by atoms with van der Waals surface area (Å²) in [7, 11) is 1.94. The number of benzene rings is 2. The molecule has 1 heterocycles. The Labute approximate surface area is 132 Å². The van der Waals surface area contributed by atoms with Crippen LogP contribution in [0.4, 0.5) is 0 Å². The summed E-state index contributed by atoms with van der Waals surface area (Å²) in [5, 5.41) is 3.13. The van der Waals surface area contributed by atoms with Gasteiger partial charge in [-0.3, -0.25) is 0 Å². The molecule has 4 nitrogen and oxygen atoms in total. The second-order valence-electron chi connectivity index (χ2n) is 4.76. The van der Waals surface area contributed by atoms with E-state index in [9.17, 15) is 0 Å². The van der Waals surface area contributed by atoms with Crippen LogP contribution >= 0.6 is 15.9 Å². The number of fused-ring (bicyclic) bond motifs is 1. The second-order valence-corrected chi connectivity index (χ2v) is 5.61. The molecule has 0 saturated heterocycles. The first-order valence-electron chi connectivity index (χ1n) is 6.70. The lowest BCUT2D eigenvalue weighted by atomic mass is 10.1. The van der Waals surface area contributed by atoms with Crippen LogP contribution in [0.3, 0.4) is 0 Å². The molecule has 110 valence electrons. The number of hydrogen-bond donors (Lipinski definition) is 1. The van der Waals surface area contributed by atoms with Crippen LogP contribution in [-0.4, -0.2) is 13.8 Å². The molecule has 2 aromatic carbocycles. The molecule has 0 aromatic heterocycles. The van der Waals surface area contributed by atoms with Crippen molar-refractivity contribution in [2.45, 2.75) is 13.2 Å². The van der Waals surface area contributed by atoms with E-state index in [2.05, 4.69) is 39.4 Å². The highest BCUT2D eigenvalue weighted by Crippen LogP contribution is 2.35. The summed E-state index contributed by atoms with van der Waals surface area (Å²) >= 11 is 3.59. The number of ether oxygens (including phenoxy) is 3. The molecular weight excluding hydrogens is 334 g/mol. The van der Waals surface area contributed by atoms with Crippen molar-refractivity contribution in [3.05, 3.63) is 52.0 Å². The summed E-state index contributed by atoms with van der Waals surface area (Å²) in [6.07, 6.45) is 0. The molecular formula is C16H16BrNO3. The maximum atomic E-state index is 5.82. The van der Waals surface area contributed by atoms with E-state index in [4.69, 9.17) is 14.2 Å². The van der Waals surface area contributed by atoms with Gasteiger partial charge in [0.2, 0.25) is 6.79 Å². The minimum atomic E-state index is 0.275. The predicted molar refractivity (Wildman–Crippen MR) is 83.8 cm³/mol. The third-order valence-corrected chi connectivity index (χ3v) is 3.97. The van der Waals surface area contributed by atoms with Crippen LogP contribution < -0.4 is 19.5 Å². The maximum absolute atomic E-state index is 5.82. The van der Waals surface area contributed by atoms with Crippen LogP contribution in [0, 0.1) is 0 Å². The SMILES string of the molecule is CNCc1ccc(COc2ccc3c(c2)OCO3)c(Br)c1. The fourth-order valence-corrected chi connectivity index (χ4v) is 2.69. The first-order valence-corrected chi connectivity index (χ1v) is 7.50. The highest BCUT2D eigenvalue weighted by atomic mass is 79.9. The molecule has 1 aliphatic heterocycles. The Hall–Kier alpha value is -1.72. The van der Waals surface area contributed by atoms with Gasteiger partial charge in [-0.15, -0.1) is 0 Å². The van der Waals surface area contributed by atoms with Crippen molar-refractivity contribution in [2.75, 3.05) is 13.8 Å². The Bertz CT molecular complexity index is 645. The monoisotopic (exact) mass is 349 g/mol. The molecule has 21 heavy (non-hydrogen) atoms. The molecule has 0 spiro atoms. The fraction of sp³-hybridized carbons (Fsp3) is 0.250. The molecule has 0 fully saturated rings. The summed E-state index contributed by atoms with van der Waals surface area (Å²) in [5.41, 5.74) is 2.34. The summed E-state index contributed by atoms with van der Waals surface area (Å²) in [6, 6.07) is 11.9. The summed E-state index contributed by atoms with van der Waals surface area (Å²) in [6.45, 7) is 1.62. The first kappa shape index (κ1) is 14.2. The van der Waals surface area contributed by atoms with E-state index < -0.39 is 0 Å². The van der Waals surface area contributed by atoms with E-state index in [1.165, 1.54) is 5.56 Å². The fourth-order valence-electron chi connectivity index (χ4n) is 2.15. The van der Waals surface area contributed by atoms with Gasteiger partial charge in [-0.1, -0.05) is 28.1 Å². The van der Waals surface area contributed by atoms with Gasteiger partial charge in [-0.05, 0) is 30.8 Å². The molecule has 0 amide bonds. The van der Waals surface area contributed by atoms with Crippen molar-refractivity contribution in [3.63, 3.8) is 0 Å². The molecule has 3 rings (SSSR count). The van der Waals surface area contributed by atoms with E-state index >= 15 is 0 Å². The Morgan fingerprint density at radius 1 is 1.14 bits per heavy atom. The molecule has 5 heteroatoms. The standard InChI is InChI=1S/C16H16BrNO3/c1-18-8-11-2-3-12(14(17)6-11)9-19-13-4-5-15-16(7-13)21-10-20-15/h2-7,18H,8-10H2,1H3. The van der Waals surface area contributed by atoms with Gasteiger partial charge in [0.25, 0.3) is 0 Å². The van der Waals surface area contributed by atoms with E-state index in [1.807, 2.05) is 25.2 Å². The highest BCUT2D eigenvalue weighted by Gasteiger charge is 2.13. The van der Waals surface area contributed by atoms with Crippen molar-refractivity contribution in [2.24, 2.45) is 0 Å². The molecule has 0 aliphatic carbocycles. The smallest absolute Gasteiger partial charge is 0.231 e. The zero-order valence-corrected chi connectivity index (χ0v) is 13.3. The van der Waals surface area contributed by atoms with Crippen LogP contribution in [0.15, 0.2) is 40.9 Å². The lowest BCUT2D eigenvalue weighted by Crippen LogP contribution is -2.05. The summed E-state index contributed by atoms with van der Waals surface area (Å²) in [4.78, 5) is 0. The number of nitrogens with one attached hydrogen (secondary N) is 1. The number of hydrogen-bond acceptors (Lipinski definition) is 4. The molecule has 1 N–H and O–H groups in total. The van der Waals surface area contributed by atoms with Crippen LogP contribution in [-0.2, 0) is 13.2 Å². The Kier molecular flexibility index (Phi) is 4.31. The number of halogens is 1. The second kappa shape index (κ2) is 6.37. The van der Waals surface area contributed by atoms with E-state index in [0.717, 1.165) is 33.8 Å². The topological polar surface area (TPSA) is 39.7 Å². The van der Waals surface area contributed by atoms with Crippen LogP contribution in [0.5, 0.6) is 17.2 Å². The van der Waals surface area contributed by atoms with Crippen molar-refractivity contribution in [1.29, 1.82) is 0 Å². The van der Waals surface area contributed by atoms with Crippen molar-refractivity contribution >= 4 is 15.9 Å². The third-order valence-electron chi connectivity index (χ3n) is 3.24. The molecule has 0 saturated carbocycles. The van der Waals surface area contributed by atoms with Gasteiger partial charge >= 0.3 is 0 Å². The first-order chi connectivity index (χ1) is 10.3. The van der Waals surface area contributed by atoms with E-state index in [-0.39, 0.29) is 6.79 Å². The minimum Gasteiger partial charge on any atom is -0.489 e. The average Bonchev–Trinajstić information content (AvgIpc) is 2.94. The normalized spacial score (nSPS) is 12.5. The minimum absolute atomic E-state index is 0.275. The van der Waals surface area contributed by atoms with E-state index in [0.29, 0.717) is 6.61 Å². The number of rotatable bonds is 5. The van der Waals surface area contributed by atoms with Gasteiger partial charge in [-0.2, -0.15) is 0 Å². The third kappa shape index (κ3) is 3.31. The maximum Gasteiger partial charge on any atom is 0.231 e. The lowest BCUT2D eigenvalue weighted by molar-refractivity contribution is 0.173. The van der Waals surface area contributed by atoms with Crippen LogP contribution in [0.25, 0.3) is 0 Å². The molecule has 0 unspecified atom stereocenters. The summed E-state index contributed by atoms with van der Waals surface area (Å²) < 4.78 is 17.5. The van der Waals surface area contributed by atoms with Crippen molar-refractivity contribution < 1.29 is 14.2 Å². The van der Waals surface area contributed by atoms with E-state index in [1.54, 1.807) is 0 Å². The van der Waals surface area contributed by atoms with Gasteiger partial charge in [0.1, 0.15) is 12.4 Å². The van der Waals surface area contributed by atoms with Crippen molar-refractivity contribution in [1.82, 2.24) is 5.32 Å². The molecule has 0 radical (unpaired) electrons. The predicted octanol–water partition coefficient (Wildman–Crippen LogP) is 3.48. The van der Waals surface area contributed by atoms with Gasteiger partial charge in [0.15, 0.2) is 11.5 Å². The van der Waals surface area contributed by atoms with Gasteiger partial charge < -0.3 is 19.5 Å². The summed E-state index contributed by atoms with van der Waals surface area (Å²) in [5.74, 6) is 2.27. The highest BCUT2D eigenvalue weighted by molar-refractivity contribution is 9.10. The quantitative estimate of drug-likeness (QED) is 0.896. The van der Waals surface area contributed by atoms with Gasteiger partial charge in [0, 0.05) is 22.6 Å². The lowest BCUT2D eigenvalue weighted by Gasteiger charge is -2.10. The van der Waals surface area contributed by atoms with Crippen LogP contribution in [0.2, 0.25) is 0 Å². The van der Waals surface area contributed by atoms with Crippen LogP contribution in [0.1, 0.15) is 11.1 Å². The average molecular weight is 350 g/mol. The van der Waals surface area contributed by atoms with Gasteiger partial charge in [-0.25, -0.2) is 0 Å². The Balaban J connectivity index is 1.67. The molecule has 0 atom stereocenters. The molecule has 1 aliphatic rings. The zero-order chi connectivity index (χ0) is 14.7.